The normalized spacial score (nSPS) is 12.4. The minimum Gasteiger partial charge on any atom is -0.350 e. The number of hydrogen-bond acceptors (Lipinski definition) is 4. The van der Waals surface area contributed by atoms with Gasteiger partial charge in [0.05, 0.1) is 10.3 Å². The van der Waals surface area contributed by atoms with Crippen LogP contribution < -0.4 is 11.1 Å². The number of hydrogen-bond donors (Lipinski definition) is 2. The first kappa shape index (κ1) is 12.8. The molecule has 3 nitrogen and oxygen atoms in total. The third-order valence-electron chi connectivity index (χ3n) is 2.20. The average molecular weight is 331 g/mol. The van der Waals surface area contributed by atoms with E-state index in [1.807, 2.05) is 29.6 Å². The number of carbonyl (C=O) groups is 1. The summed E-state index contributed by atoms with van der Waals surface area (Å²) in [7, 11) is 0. The van der Waals surface area contributed by atoms with Gasteiger partial charge in [0.2, 0.25) is 5.91 Å². The molecular formula is C11H11BrN2OS2. The molecule has 2 aromatic heterocycles. The van der Waals surface area contributed by atoms with Gasteiger partial charge in [-0.2, -0.15) is 0 Å². The van der Waals surface area contributed by atoms with Crippen LogP contribution in [0.2, 0.25) is 0 Å². The van der Waals surface area contributed by atoms with Gasteiger partial charge in [0.15, 0.2) is 0 Å². The highest BCUT2D eigenvalue weighted by molar-refractivity contribution is 9.11. The minimum atomic E-state index is -0.571. The fourth-order valence-corrected chi connectivity index (χ4v) is 3.48. The smallest absolute Gasteiger partial charge is 0.242 e. The second-order valence-corrected chi connectivity index (χ2v) is 6.94. The number of amides is 1. The van der Waals surface area contributed by atoms with Crippen molar-refractivity contribution in [1.82, 2.24) is 5.32 Å². The van der Waals surface area contributed by atoms with Crippen LogP contribution in [0.4, 0.5) is 0 Å². The van der Waals surface area contributed by atoms with E-state index in [0.29, 0.717) is 6.54 Å². The van der Waals surface area contributed by atoms with Gasteiger partial charge in [-0.3, -0.25) is 4.79 Å². The fourth-order valence-electron chi connectivity index (χ4n) is 1.33. The topological polar surface area (TPSA) is 55.1 Å². The Bertz CT molecular complexity index is 495. The van der Waals surface area contributed by atoms with E-state index in [2.05, 4.69) is 21.2 Å². The van der Waals surface area contributed by atoms with Crippen molar-refractivity contribution in [3.63, 3.8) is 0 Å². The molecular weight excluding hydrogens is 320 g/mol. The number of nitrogens with one attached hydrogen (secondary N) is 1. The average Bonchev–Trinajstić information content (AvgIpc) is 2.95. The Morgan fingerprint density at radius 3 is 2.88 bits per heavy atom. The molecule has 1 unspecified atom stereocenters. The molecule has 3 N–H and O–H groups in total. The molecule has 2 rings (SSSR count). The lowest BCUT2D eigenvalue weighted by Gasteiger charge is -2.09. The van der Waals surface area contributed by atoms with Crippen LogP contribution >= 0.6 is 38.6 Å². The quantitative estimate of drug-likeness (QED) is 0.905. The highest BCUT2D eigenvalue weighted by Gasteiger charge is 2.16. The molecule has 90 valence electrons. The first-order valence-corrected chi connectivity index (χ1v) is 7.46. The van der Waals surface area contributed by atoms with Crippen molar-refractivity contribution in [3.05, 3.63) is 43.2 Å². The number of rotatable bonds is 4. The summed E-state index contributed by atoms with van der Waals surface area (Å²) < 4.78 is 1.06. The summed E-state index contributed by atoms with van der Waals surface area (Å²) in [4.78, 5) is 13.8. The van der Waals surface area contributed by atoms with Gasteiger partial charge in [0.25, 0.3) is 0 Å². The van der Waals surface area contributed by atoms with Gasteiger partial charge in [-0.25, -0.2) is 0 Å². The molecule has 1 atom stereocenters. The number of halogens is 1. The lowest BCUT2D eigenvalue weighted by Crippen LogP contribution is -2.32. The second-order valence-electron chi connectivity index (χ2n) is 3.42. The summed E-state index contributed by atoms with van der Waals surface area (Å²) in [6.07, 6.45) is 0. The Kier molecular flexibility index (Phi) is 4.33. The molecule has 17 heavy (non-hydrogen) atoms. The zero-order chi connectivity index (χ0) is 12.3. The highest BCUT2D eigenvalue weighted by atomic mass is 79.9. The zero-order valence-corrected chi connectivity index (χ0v) is 12.1. The van der Waals surface area contributed by atoms with E-state index in [-0.39, 0.29) is 5.91 Å². The van der Waals surface area contributed by atoms with Crippen LogP contribution in [-0.4, -0.2) is 5.91 Å². The molecule has 2 aromatic rings. The summed E-state index contributed by atoms with van der Waals surface area (Å²) in [5.74, 6) is -0.142. The molecule has 0 spiro atoms. The summed E-state index contributed by atoms with van der Waals surface area (Å²) in [5, 5.41) is 4.75. The molecule has 0 aromatic carbocycles. The Hall–Kier alpha value is -0.690. The van der Waals surface area contributed by atoms with Crippen LogP contribution in [0.15, 0.2) is 33.4 Å². The van der Waals surface area contributed by atoms with E-state index in [0.717, 1.165) is 13.5 Å². The van der Waals surface area contributed by atoms with Crippen LogP contribution in [0.1, 0.15) is 15.8 Å². The summed E-state index contributed by atoms with van der Waals surface area (Å²) in [6.45, 7) is 0.522. The predicted molar refractivity (Wildman–Crippen MR) is 75.1 cm³/mol. The first-order chi connectivity index (χ1) is 8.16. The molecule has 0 aliphatic rings. The molecule has 0 bridgehead atoms. The van der Waals surface area contributed by atoms with Gasteiger partial charge >= 0.3 is 0 Å². The van der Waals surface area contributed by atoms with Crippen molar-refractivity contribution in [2.75, 3.05) is 0 Å². The van der Waals surface area contributed by atoms with Crippen molar-refractivity contribution in [3.8, 4) is 0 Å². The van der Waals surface area contributed by atoms with E-state index < -0.39 is 6.04 Å². The maximum atomic E-state index is 11.8. The number of thiophene rings is 2. The van der Waals surface area contributed by atoms with Gasteiger partial charge in [0, 0.05) is 9.75 Å². The highest BCUT2D eigenvalue weighted by Crippen LogP contribution is 2.22. The van der Waals surface area contributed by atoms with Crippen LogP contribution in [0.5, 0.6) is 0 Å². The number of nitrogens with two attached hydrogens (primary N) is 1. The van der Waals surface area contributed by atoms with E-state index in [1.54, 1.807) is 11.3 Å². The third-order valence-corrected chi connectivity index (χ3v) is 4.78. The molecule has 0 aliphatic carbocycles. The molecule has 6 heteroatoms. The number of carbonyl (C=O) groups excluding carboxylic acids is 1. The van der Waals surface area contributed by atoms with Gasteiger partial charge < -0.3 is 11.1 Å². The van der Waals surface area contributed by atoms with Crippen molar-refractivity contribution in [2.45, 2.75) is 12.6 Å². The van der Waals surface area contributed by atoms with Crippen LogP contribution in [-0.2, 0) is 11.3 Å². The van der Waals surface area contributed by atoms with Gasteiger partial charge in [-0.1, -0.05) is 6.07 Å². The summed E-state index contributed by atoms with van der Waals surface area (Å²) >= 11 is 6.48. The van der Waals surface area contributed by atoms with Crippen molar-refractivity contribution >= 4 is 44.5 Å². The molecule has 0 aliphatic heterocycles. The van der Waals surface area contributed by atoms with E-state index in [1.165, 1.54) is 11.3 Å². The largest absolute Gasteiger partial charge is 0.350 e. The second kappa shape index (κ2) is 5.77. The van der Waals surface area contributed by atoms with Crippen LogP contribution in [0.25, 0.3) is 0 Å². The van der Waals surface area contributed by atoms with Crippen LogP contribution in [0, 0.1) is 0 Å². The predicted octanol–water partition coefficient (Wildman–Crippen LogP) is 2.89. The Labute approximate surface area is 116 Å². The van der Waals surface area contributed by atoms with E-state index in [4.69, 9.17) is 5.73 Å². The third kappa shape index (κ3) is 3.38. The van der Waals surface area contributed by atoms with E-state index in [9.17, 15) is 4.79 Å². The maximum Gasteiger partial charge on any atom is 0.242 e. The molecule has 2 heterocycles. The lowest BCUT2D eigenvalue weighted by molar-refractivity contribution is -0.122. The van der Waals surface area contributed by atoms with E-state index >= 15 is 0 Å². The van der Waals surface area contributed by atoms with Crippen molar-refractivity contribution in [1.29, 1.82) is 0 Å². The molecule has 0 radical (unpaired) electrons. The van der Waals surface area contributed by atoms with Gasteiger partial charge in [0.1, 0.15) is 6.04 Å². The fraction of sp³-hybridized carbons (Fsp3) is 0.182. The molecule has 1 amide bonds. The monoisotopic (exact) mass is 330 g/mol. The SMILES string of the molecule is NC(C(=O)NCc1ccc(Br)s1)c1cccs1. The summed E-state index contributed by atoms with van der Waals surface area (Å²) in [5.41, 5.74) is 5.84. The van der Waals surface area contributed by atoms with Gasteiger partial charge in [-0.15, -0.1) is 22.7 Å². The van der Waals surface area contributed by atoms with Crippen LogP contribution in [0.3, 0.4) is 0 Å². The van der Waals surface area contributed by atoms with Gasteiger partial charge in [-0.05, 0) is 39.5 Å². The molecule has 0 saturated heterocycles. The summed E-state index contributed by atoms with van der Waals surface area (Å²) in [6, 6.07) is 7.13. The first-order valence-electron chi connectivity index (χ1n) is 4.97. The molecule has 0 saturated carbocycles. The standard InChI is InChI=1S/C11H11BrN2OS2/c12-9-4-3-7(17-9)6-14-11(15)10(13)8-2-1-5-16-8/h1-5,10H,6,13H2,(H,14,15). The Balaban J connectivity index is 1.89. The lowest BCUT2D eigenvalue weighted by atomic mass is 10.2. The van der Waals surface area contributed by atoms with Crippen molar-refractivity contribution in [2.24, 2.45) is 5.73 Å². The maximum absolute atomic E-state index is 11.8. The minimum absolute atomic E-state index is 0.142. The van der Waals surface area contributed by atoms with Crippen molar-refractivity contribution < 1.29 is 4.79 Å². The zero-order valence-electron chi connectivity index (χ0n) is 8.85. The molecule has 0 fully saturated rings. The Morgan fingerprint density at radius 1 is 1.47 bits per heavy atom. The Morgan fingerprint density at radius 2 is 2.29 bits per heavy atom.